The number of hydrogen-bond donors (Lipinski definition) is 4. The average Bonchev–Trinajstić information content (AvgIpc) is 1.55. The number of phenols is 2. The van der Waals surface area contributed by atoms with Crippen molar-refractivity contribution in [2.75, 3.05) is 0 Å². The van der Waals surface area contributed by atoms with Gasteiger partial charge >= 0.3 is 74.1 Å². The zero-order valence-electron chi connectivity index (χ0n) is 49.1. The van der Waals surface area contributed by atoms with Gasteiger partial charge in [-0.1, -0.05) is 30.4 Å². The Kier molecular flexibility index (Phi) is 35.0. The number of phenolic OH excluding ortho intramolecular Hbond substituents is 2. The van der Waals surface area contributed by atoms with Crippen LogP contribution in [0.25, 0.3) is 6.08 Å². The molecule has 4 aromatic carbocycles. The Morgan fingerprint density at radius 3 is 1.02 bits per heavy atom. The summed E-state index contributed by atoms with van der Waals surface area (Å²) >= 11 is 6.81. The standard InChI is InChI=1S/C11H8F6S.C9H4F6O2.C9H4F6OS.2C9H6F6O.C5H6O.C4F6.2Ar/c1-2-3-6-4-5-7(18)9(11(15,16)17)8(6)10(12,13)14;2*10-8(11,12)6-4(3-16)1-2-5(17)7(6)9(13,14)15;1-7-3-2-4(16-7)5(8(10,11)12)6(7)9(13,14)15;1-4-2-3-5(16)7(9(13,14)15)6(4)8(10,11)12;1-5-3-2-4-6-5;5-3(6,7)1-2-4(8,9)10;;/h2-5,18H,1H3;2*1-3,17H;2-4H,1H3;2-3,16H,1H3;2-4H,1H3;;;/b3-2+;;;;;;;;. The SMILES string of the molecule is C/C=C/c1ccc(S)c(C(F)(F)F)c1C(F)(F)F.CC12C=CC(O1)C(C(F)(F)F)=C2C(F)(F)F.Cc1ccc(O)c(C(F)(F)F)c1C(F)(F)F.Cc1ccco1.FC(F)(F)C#CC(F)(F)F.O=Cc1ccc(O)c(C(F)(F)F)c1C(F)(F)F.O=Cc1ccc(S)c(C(F)(F)F)c1C(F)(F)F.[Ar].[Ar]. The second-order valence-corrected chi connectivity index (χ2v) is 19.9. The molecule has 46 heteroatoms. The number of carbonyl (C=O) groups is 2. The molecule has 2 N–H and O–H groups in total. The summed E-state index contributed by atoms with van der Waals surface area (Å²) in [5, 5.41) is 17.8. The van der Waals surface area contributed by atoms with Crippen molar-refractivity contribution < 1.29 is 262 Å². The van der Waals surface area contributed by atoms with Crippen molar-refractivity contribution in [3.8, 4) is 23.3 Å². The number of hydrogen-bond acceptors (Lipinski definition) is 8. The number of fused-ring (bicyclic) bond motifs is 2. The molecule has 0 saturated carbocycles. The molecule has 574 valence electrons. The molecule has 0 saturated heterocycles. The first-order chi connectivity index (χ1) is 44.5. The molecule has 2 atom stereocenters. The summed E-state index contributed by atoms with van der Waals surface area (Å²) in [5.41, 5.74) is -24.4. The number of rotatable bonds is 3. The maximum absolute atomic E-state index is 12.8. The third-order valence-electron chi connectivity index (χ3n) is 11.5. The van der Waals surface area contributed by atoms with Gasteiger partial charge in [-0.05, 0) is 93.4 Å². The van der Waals surface area contributed by atoms with Crippen molar-refractivity contribution in [3.63, 3.8) is 0 Å². The molecule has 0 fully saturated rings. The molecule has 0 radical (unpaired) electrons. The van der Waals surface area contributed by atoms with Crippen molar-refractivity contribution in [2.45, 2.75) is 123 Å². The monoisotopic (exact) mass is 1630 g/mol. The van der Waals surface area contributed by atoms with Crippen LogP contribution in [0.3, 0.4) is 0 Å². The summed E-state index contributed by atoms with van der Waals surface area (Å²) in [6.45, 7) is 5.21. The fourth-order valence-electron chi connectivity index (χ4n) is 8.02. The average molecular weight is 1630 g/mol. The van der Waals surface area contributed by atoms with E-state index in [1.807, 2.05) is 19.1 Å². The molecule has 3 heterocycles. The number of carbonyl (C=O) groups excluding carboxylic acids is 2. The van der Waals surface area contributed by atoms with E-state index in [0.717, 1.165) is 56.0 Å². The van der Waals surface area contributed by atoms with Gasteiger partial charge in [-0.15, -0.1) is 25.3 Å². The second-order valence-electron chi connectivity index (χ2n) is 18.9. The van der Waals surface area contributed by atoms with E-state index in [9.17, 15) is 168 Å². The summed E-state index contributed by atoms with van der Waals surface area (Å²) in [6.07, 6.45) is -58.5. The molecule has 0 amide bonds. The van der Waals surface area contributed by atoms with E-state index in [-0.39, 0.29) is 99.9 Å². The molecular weight excluding hydrogens is 1600 g/mol. The van der Waals surface area contributed by atoms with Crippen LogP contribution in [0.4, 0.5) is 158 Å². The van der Waals surface area contributed by atoms with Crippen LogP contribution in [0.15, 0.2) is 111 Å². The molecule has 0 spiro atoms. The number of thiol groups is 2. The van der Waals surface area contributed by atoms with E-state index in [2.05, 4.69) is 25.3 Å². The third-order valence-corrected chi connectivity index (χ3v) is 12.3. The third kappa shape index (κ3) is 29.1. The van der Waals surface area contributed by atoms with Gasteiger partial charge in [0.05, 0.1) is 50.8 Å². The van der Waals surface area contributed by atoms with Gasteiger partial charge in [-0.3, -0.25) is 9.59 Å². The molecule has 6 nitrogen and oxygen atoms in total. The molecule has 1 aromatic heterocycles. The zero-order chi connectivity index (χ0) is 78.9. The number of ether oxygens (including phenoxy) is 1. The van der Waals surface area contributed by atoms with Crippen LogP contribution in [-0.4, -0.2) is 59.2 Å². The topological polar surface area (TPSA) is 97.0 Å². The largest absolute Gasteiger partial charge is 0.507 e. The Morgan fingerprint density at radius 1 is 0.431 bits per heavy atom. The maximum atomic E-state index is 12.8. The smallest absolute Gasteiger partial charge is 0.457 e. The summed E-state index contributed by atoms with van der Waals surface area (Å²) in [7, 11) is 0. The molecule has 7 rings (SSSR count). The van der Waals surface area contributed by atoms with Crippen molar-refractivity contribution in [1.82, 2.24) is 0 Å². The Labute approximate surface area is 617 Å². The molecule has 102 heavy (non-hydrogen) atoms. The van der Waals surface area contributed by atoms with Crippen molar-refractivity contribution in [2.24, 2.45) is 0 Å². The number of aryl methyl sites for hydroxylation is 2. The summed E-state index contributed by atoms with van der Waals surface area (Å²) < 4.78 is 450. The van der Waals surface area contributed by atoms with E-state index in [4.69, 9.17) is 19.4 Å². The van der Waals surface area contributed by atoms with Crippen molar-refractivity contribution in [1.29, 1.82) is 0 Å². The predicted octanol–water partition coefficient (Wildman–Crippen LogP) is 22.7. The number of furan rings is 1. The zero-order valence-corrected chi connectivity index (χ0v) is 52.3. The van der Waals surface area contributed by atoms with Gasteiger partial charge in [-0.25, -0.2) is 0 Å². The number of benzene rings is 4. The van der Waals surface area contributed by atoms with Gasteiger partial charge < -0.3 is 19.4 Å². The first-order valence-electron chi connectivity index (χ1n) is 24.9. The number of aldehydes is 2. The number of aromatic hydroxyl groups is 2. The van der Waals surface area contributed by atoms with E-state index in [0.29, 0.717) is 30.3 Å². The summed E-state index contributed by atoms with van der Waals surface area (Å²) in [5.74, 6) is -1.86. The summed E-state index contributed by atoms with van der Waals surface area (Å²) in [6, 6.07) is 9.23. The first kappa shape index (κ1) is 98.6. The van der Waals surface area contributed by atoms with Crippen LogP contribution >= 0.6 is 25.3 Å². The second kappa shape index (κ2) is 36.2. The normalized spacial score (nSPS) is 15.6. The molecule has 5 aromatic rings. The molecule has 2 unspecified atom stereocenters. The quantitative estimate of drug-likeness (QED) is 0.0473. The minimum atomic E-state index is -5.41. The van der Waals surface area contributed by atoms with Crippen LogP contribution in [0, 0.1) is 101 Å². The number of halogens is 36. The van der Waals surface area contributed by atoms with Gasteiger partial charge in [0.2, 0.25) is 0 Å². The van der Waals surface area contributed by atoms with Gasteiger partial charge in [0, 0.05) is 108 Å². The molecule has 2 aliphatic rings. The fourth-order valence-corrected chi connectivity index (χ4v) is 8.65. The first-order valence-corrected chi connectivity index (χ1v) is 25.8. The number of allylic oxidation sites excluding steroid dienone is 1. The Morgan fingerprint density at radius 2 is 0.755 bits per heavy atom. The van der Waals surface area contributed by atoms with E-state index in [1.54, 1.807) is 6.26 Å². The van der Waals surface area contributed by atoms with Crippen molar-refractivity contribution in [3.05, 3.63) is 169 Å². The summed E-state index contributed by atoms with van der Waals surface area (Å²) in [4.78, 5) is 19.1. The van der Waals surface area contributed by atoms with Gasteiger partial charge in [0.15, 0.2) is 12.6 Å². The van der Waals surface area contributed by atoms with Gasteiger partial charge in [-0.2, -0.15) is 158 Å². The van der Waals surface area contributed by atoms with Crippen LogP contribution in [0.5, 0.6) is 11.5 Å². The van der Waals surface area contributed by atoms with Crippen molar-refractivity contribution >= 4 is 43.9 Å². The number of alkyl halides is 36. The Hall–Kier alpha value is -5.46. The van der Waals surface area contributed by atoms with Crippen LogP contribution in [0.1, 0.15) is 96.0 Å². The molecule has 2 bridgehead atoms. The Balaban J connectivity index is 0. The predicted molar refractivity (Wildman–Crippen MR) is 279 cm³/mol. The Bertz CT molecular complexity index is 3650. The van der Waals surface area contributed by atoms with Gasteiger partial charge in [0.1, 0.15) is 40.1 Å². The van der Waals surface area contributed by atoms with Gasteiger partial charge in [0.25, 0.3) is 0 Å². The molecular formula is C56H34Ar2F36O6S2. The van der Waals surface area contributed by atoms with Crippen LogP contribution in [-0.2, 0) is 54.1 Å². The minimum Gasteiger partial charge on any atom is -0.507 e. The van der Waals surface area contributed by atoms with Crippen LogP contribution in [0.2, 0.25) is 0 Å². The minimum absolute atomic E-state index is 0. The molecule has 0 aliphatic carbocycles. The maximum Gasteiger partial charge on any atom is 0.457 e. The van der Waals surface area contributed by atoms with E-state index in [1.165, 1.54) is 13.0 Å². The van der Waals surface area contributed by atoms with E-state index < -0.39 is 185 Å². The fraction of sp³-hybridized carbons (Fsp3) is 0.321. The van der Waals surface area contributed by atoms with E-state index >= 15 is 0 Å². The van der Waals surface area contributed by atoms with Crippen LogP contribution < -0.4 is 0 Å². The molecule has 2 aliphatic heterocycles.